The Balaban J connectivity index is 2.10. The molecule has 4 nitrogen and oxygen atoms in total. The van der Waals surface area contributed by atoms with E-state index >= 15 is 0 Å². The van der Waals surface area contributed by atoms with Crippen LogP contribution in [-0.4, -0.2) is 19.7 Å². The third kappa shape index (κ3) is 1.58. The number of hydrogen-bond acceptors (Lipinski definition) is 3. The van der Waals surface area contributed by atoms with Crippen molar-refractivity contribution in [3.05, 3.63) is 60.3 Å². The number of rotatable bonds is 1. The first-order valence-corrected chi connectivity index (χ1v) is 6.50. The molecule has 0 aliphatic heterocycles. The molecule has 0 unspecified atom stereocenters. The molecule has 0 atom stereocenters. The molecular weight excluding hydrogens is 248 g/mol. The Morgan fingerprint density at radius 2 is 1.45 bits per heavy atom. The van der Waals surface area contributed by atoms with Crippen LogP contribution in [0.2, 0.25) is 0 Å². The summed E-state index contributed by atoms with van der Waals surface area (Å²) < 4.78 is 1.85. The van der Waals surface area contributed by atoms with Crippen LogP contribution in [0.1, 0.15) is 5.69 Å². The molecule has 4 aromatic rings. The Morgan fingerprint density at radius 1 is 0.800 bits per heavy atom. The SMILES string of the molecule is Cc1nn(-c2ccccc2)c2nc3ccccc3nc12. The Kier molecular flexibility index (Phi) is 2.29. The maximum atomic E-state index is 4.71. The van der Waals surface area contributed by atoms with Crippen molar-refractivity contribution in [1.82, 2.24) is 19.7 Å². The van der Waals surface area contributed by atoms with Crippen molar-refractivity contribution in [2.24, 2.45) is 0 Å². The second-order valence-corrected chi connectivity index (χ2v) is 4.72. The molecular formula is C16H12N4. The summed E-state index contributed by atoms with van der Waals surface area (Å²) in [6.45, 7) is 1.96. The van der Waals surface area contributed by atoms with Crippen LogP contribution < -0.4 is 0 Å². The van der Waals surface area contributed by atoms with E-state index in [4.69, 9.17) is 4.98 Å². The number of nitrogens with zero attached hydrogens (tertiary/aromatic N) is 4. The van der Waals surface area contributed by atoms with Crippen LogP contribution in [0.3, 0.4) is 0 Å². The molecule has 20 heavy (non-hydrogen) atoms. The fraction of sp³-hybridized carbons (Fsp3) is 0.0625. The summed E-state index contributed by atoms with van der Waals surface area (Å²) in [5, 5.41) is 4.57. The van der Waals surface area contributed by atoms with E-state index in [0.29, 0.717) is 0 Å². The van der Waals surface area contributed by atoms with Gasteiger partial charge in [0.2, 0.25) is 0 Å². The molecule has 0 aliphatic rings. The van der Waals surface area contributed by atoms with Gasteiger partial charge < -0.3 is 0 Å². The quantitative estimate of drug-likeness (QED) is 0.527. The van der Waals surface area contributed by atoms with Crippen LogP contribution in [0, 0.1) is 6.92 Å². The first-order valence-electron chi connectivity index (χ1n) is 6.50. The Hall–Kier alpha value is -2.75. The molecule has 4 rings (SSSR count). The summed E-state index contributed by atoms with van der Waals surface area (Å²) in [5.74, 6) is 0. The van der Waals surface area contributed by atoms with Crippen LogP contribution in [0.25, 0.3) is 27.9 Å². The molecule has 2 aromatic heterocycles. The molecule has 96 valence electrons. The van der Waals surface area contributed by atoms with Crippen molar-refractivity contribution in [3.8, 4) is 5.69 Å². The van der Waals surface area contributed by atoms with Gasteiger partial charge in [0.05, 0.1) is 22.4 Å². The van der Waals surface area contributed by atoms with Crippen molar-refractivity contribution in [2.75, 3.05) is 0 Å². The number of fused-ring (bicyclic) bond motifs is 2. The third-order valence-corrected chi connectivity index (χ3v) is 3.35. The fourth-order valence-electron chi connectivity index (χ4n) is 2.38. The Morgan fingerprint density at radius 3 is 2.20 bits per heavy atom. The van der Waals surface area contributed by atoms with E-state index in [2.05, 4.69) is 10.1 Å². The van der Waals surface area contributed by atoms with Gasteiger partial charge in [-0.3, -0.25) is 0 Å². The molecule has 0 aliphatic carbocycles. The van der Waals surface area contributed by atoms with E-state index in [9.17, 15) is 0 Å². The summed E-state index contributed by atoms with van der Waals surface area (Å²) in [6, 6.07) is 17.9. The number of hydrogen-bond donors (Lipinski definition) is 0. The summed E-state index contributed by atoms with van der Waals surface area (Å²) in [5.41, 5.74) is 5.32. The zero-order chi connectivity index (χ0) is 13.5. The van der Waals surface area contributed by atoms with Crippen LogP contribution >= 0.6 is 0 Å². The first-order chi connectivity index (χ1) is 9.83. The maximum absolute atomic E-state index is 4.71. The molecule has 0 saturated heterocycles. The predicted octanol–water partition coefficient (Wildman–Crippen LogP) is 3.28. The topological polar surface area (TPSA) is 43.6 Å². The normalized spacial score (nSPS) is 11.2. The van der Waals surface area contributed by atoms with Gasteiger partial charge >= 0.3 is 0 Å². The lowest BCUT2D eigenvalue weighted by Crippen LogP contribution is -1.98. The number of aryl methyl sites for hydroxylation is 1. The average Bonchev–Trinajstić information content (AvgIpc) is 2.83. The molecule has 0 amide bonds. The highest BCUT2D eigenvalue weighted by atomic mass is 15.3. The van der Waals surface area contributed by atoms with Gasteiger partial charge in [0.25, 0.3) is 0 Å². The molecule has 0 radical (unpaired) electrons. The fourth-order valence-corrected chi connectivity index (χ4v) is 2.38. The van der Waals surface area contributed by atoms with E-state index < -0.39 is 0 Å². The Labute approximate surface area is 115 Å². The molecule has 4 heteroatoms. The minimum absolute atomic E-state index is 0.799. The minimum Gasteiger partial charge on any atom is -0.241 e. The molecule has 2 aromatic carbocycles. The van der Waals surface area contributed by atoms with Gasteiger partial charge in [-0.2, -0.15) is 5.10 Å². The highest BCUT2D eigenvalue weighted by Gasteiger charge is 2.12. The van der Waals surface area contributed by atoms with Gasteiger partial charge in [-0.15, -0.1) is 0 Å². The van der Waals surface area contributed by atoms with Crippen molar-refractivity contribution < 1.29 is 0 Å². The van der Waals surface area contributed by atoms with E-state index in [0.717, 1.165) is 33.6 Å². The monoisotopic (exact) mass is 260 g/mol. The zero-order valence-electron chi connectivity index (χ0n) is 11.0. The maximum Gasteiger partial charge on any atom is 0.182 e. The zero-order valence-corrected chi connectivity index (χ0v) is 11.0. The second kappa shape index (κ2) is 4.13. The number of aromatic nitrogens is 4. The van der Waals surface area contributed by atoms with E-state index in [1.165, 1.54) is 0 Å². The van der Waals surface area contributed by atoms with Gasteiger partial charge in [-0.05, 0) is 31.2 Å². The summed E-state index contributed by atoms with van der Waals surface area (Å²) in [6.07, 6.45) is 0. The van der Waals surface area contributed by atoms with Gasteiger partial charge in [0.1, 0.15) is 5.52 Å². The van der Waals surface area contributed by atoms with Crippen LogP contribution in [0.15, 0.2) is 54.6 Å². The second-order valence-electron chi connectivity index (χ2n) is 4.72. The lowest BCUT2D eigenvalue weighted by molar-refractivity contribution is 0.879. The summed E-state index contributed by atoms with van der Waals surface area (Å²) >= 11 is 0. The van der Waals surface area contributed by atoms with Crippen LogP contribution in [0.4, 0.5) is 0 Å². The predicted molar refractivity (Wildman–Crippen MR) is 78.9 cm³/mol. The van der Waals surface area contributed by atoms with E-state index in [1.807, 2.05) is 66.2 Å². The van der Waals surface area contributed by atoms with Crippen molar-refractivity contribution >= 4 is 22.2 Å². The van der Waals surface area contributed by atoms with Gasteiger partial charge in [0, 0.05) is 0 Å². The summed E-state index contributed by atoms with van der Waals surface area (Å²) in [7, 11) is 0. The minimum atomic E-state index is 0.799. The molecule has 0 spiro atoms. The molecule has 0 bridgehead atoms. The standard InChI is InChI=1S/C16H12N4/c1-11-15-16(18-14-10-6-5-9-13(14)17-15)20(19-11)12-7-3-2-4-8-12/h2-10H,1H3. The van der Waals surface area contributed by atoms with Gasteiger partial charge in [-0.25, -0.2) is 14.6 Å². The van der Waals surface area contributed by atoms with Crippen LogP contribution in [0.5, 0.6) is 0 Å². The lowest BCUT2D eigenvalue weighted by Gasteiger charge is -2.02. The molecule has 0 fully saturated rings. The van der Waals surface area contributed by atoms with Gasteiger partial charge in [-0.1, -0.05) is 30.3 Å². The lowest BCUT2D eigenvalue weighted by atomic mass is 10.3. The number of benzene rings is 2. The smallest absolute Gasteiger partial charge is 0.182 e. The molecule has 0 N–H and O–H groups in total. The van der Waals surface area contributed by atoms with Crippen molar-refractivity contribution in [2.45, 2.75) is 6.92 Å². The molecule has 0 saturated carbocycles. The summed E-state index contributed by atoms with van der Waals surface area (Å²) in [4.78, 5) is 9.39. The Bertz CT molecular complexity index is 910. The van der Waals surface area contributed by atoms with E-state index in [-0.39, 0.29) is 0 Å². The highest BCUT2D eigenvalue weighted by molar-refractivity contribution is 5.86. The first kappa shape index (κ1) is 11.1. The van der Waals surface area contributed by atoms with Crippen LogP contribution in [-0.2, 0) is 0 Å². The number of para-hydroxylation sites is 3. The average molecular weight is 260 g/mol. The largest absolute Gasteiger partial charge is 0.241 e. The van der Waals surface area contributed by atoms with E-state index in [1.54, 1.807) is 0 Å². The van der Waals surface area contributed by atoms with Gasteiger partial charge in [0.15, 0.2) is 5.65 Å². The van der Waals surface area contributed by atoms with Crippen molar-refractivity contribution in [3.63, 3.8) is 0 Å². The third-order valence-electron chi connectivity index (χ3n) is 3.35. The molecule has 2 heterocycles. The highest BCUT2D eigenvalue weighted by Crippen LogP contribution is 2.21. The van der Waals surface area contributed by atoms with Crippen molar-refractivity contribution in [1.29, 1.82) is 0 Å².